The molecule has 0 saturated heterocycles. The molecule has 6 rings (SSSR count). The van der Waals surface area contributed by atoms with Gasteiger partial charge in [-0.05, 0) is 79.0 Å². The number of ether oxygens (including phenoxy) is 2. The first-order chi connectivity index (χ1) is 28.3. The average molecular weight is 881 g/mol. The Labute approximate surface area is 340 Å². The van der Waals surface area contributed by atoms with Gasteiger partial charge in [0, 0.05) is 17.5 Å². The van der Waals surface area contributed by atoms with E-state index in [0.29, 0.717) is 11.8 Å². The SMILES string of the molecule is COc1cc(/N=N/c2c(S(=O)(=O)O)cc3cc(-n4nc(C)c(/N=N/c5ccc(S(=O)O)cc5)c4O)ccc3c2O)c(OC)cc1/N=N/c1ccc(S(=O)(=O)O)cc1C(=O)O. The summed E-state index contributed by atoms with van der Waals surface area (Å²) < 4.78 is 100. The van der Waals surface area contributed by atoms with Crippen LogP contribution >= 0.6 is 0 Å². The lowest BCUT2D eigenvalue weighted by Crippen LogP contribution is -2.02. The summed E-state index contributed by atoms with van der Waals surface area (Å²) >= 11 is -2.18. The monoisotopic (exact) mass is 880 g/mol. The molecule has 6 aromatic rings. The van der Waals surface area contributed by atoms with E-state index in [1.165, 1.54) is 68.8 Å². The number of carboxylic acids is 1. The number of carbonyl (C=O) groups is 1. The number of carboxylic acid groups (broad SMARTS) is 1. The third-order valence-electron chi connectivity index (χ3n) is 8.37. The van der Waals surface area contributed by atoms with Gasteiger partial charge in [0.05, 0.1) is 46.6 Å². The van der Waals surface area contributed by atoms with Crippen molar-refractivity contribution in [3.05, 3.63) is 90.1 Å². The van der Waals surface area contributed by atoms with Gasteiger partial charge < -0.3 is 29.3 Å². The van der Waals surface area contributed by atoms with Gasteiger partial charge in [0.2, 0.25) is 5.88 Å². The van der Waals surface area contributed by atoms with E-state index >= 15 is 0 Å². The Kier molecular flexibility index (Phi) is 11.8. The number of hydrogen-bond acceptors (Lipinski definition) is 17. The highest BCUT2D eigenvalue weighted by Crippen LogP contribution is 2.45. The number of benzene rings is 5. The van der Waals surface area contributed by atoms with Crippen molar-refractivity contribution in [2.24, 2.45) is 30.7 Å². The fourth-order valence-electron chi connectivity index (χ4n) is 5.47. The standard InChI is InChI=1S/C35H28N8O14S3/c1-17-31(40-36-19-4-7-21(8-5-19)58(48)49)34(45)43(42-17)20-6-10-23-18(12-20)13-30(60(53,54)55)32(33(23)44)41-39-27-16-28(56-2)26(15-29(27)57-3)38-37-25-11-9-22(59(50,51)52)14-24(25)35(46)47/h4-16,44-45H,1-3H3,(H,46,47)(H,48,49)(H,50,51,52)(H,53,54,55)/b38-37+,40-36+,41-39+. The Hall–Kier alpha value is -7.03. The number of hydrogen-bond donors (Lipinski definition) is 6. The highest BCUT2D eigenvalue weighted by Gasteiger charge is 2.24. The molecule has 0 spiro atoms. The molecule has 6 N–H and O–H groups in total. The Balaban J connectivity index is 1.35. The molecule has 22 nitrogen and oxygen atoms in total. The Morgan fingerprint density at radius 3 is 1.90 bits per heavy atom. The van der Waals surface area contributed by atoms with E-state index in [1.807, 2.05) is 0 Å². The summed E-state index contributed by atoms with van der Waals surface area (Å²) in [6.45, 7) is 1.54. The topological polar surface area (TPSA) is 334 Å². The largest absolute Gasteiger partial charge is 0.505 e. The van der Waals surface area contributed by atoms with Crippen LogP contribution in [0.15, 0.2) is 124 Å². The molecule has 0 saturated carbocycles. The van der Waals surface area contributed by atoms with Crippen LogP contribution in [-0.4, -0.2) is 80.0 Å². The molecular formula is C35H28N8O14S3. The molecule has 25 heteroatoms. The Morgan fingerprint density at radius 1 is 0.733 bits per heavy atom. The second-order valence-corrected chi connectivity index (χ2v) is 15.9. The predicted octanol–water partition coefficient (Wildman–Crippen LogP) is 7.78. The van der Waals surface area contributed by atoms with E-state index in [1.54, 1.807) is 6.92 Å². The van der Waals surface area contributed by atoms with E-state index < -0.39 is 70.0 Å². The normalized spacial score (nSPS) is 12.8. The lowest BCUT2D eigenvalue weighted by Gasteiger charge is -2.12. The van der Waals surface area contributed by atoms with Crippen molar-refractivity contribution in [3.8, 4) is 28.8 Å². The van der Waals surface area contributed by atoms with Gasteiger partial charge in [-0.2, -0.15) is 31.7 Å². The molecule has 0 fully saturated rings. The van der Waals surface area contributed by atoms with Crippen LogP contribution in [0.25, 0.3) is 16.5 Å². The van der Waals surface area contributed by atoms with Gasteiger partial charge in [-0.1, -0.05) is 0 Å². The number of fused-ring (bicyclic) bond motifs is 1. The van der Waals surface area contributed by atoms with Crippen LogP contribution < -0.4 is 9.47 Å². The van der Waals surface area contributed by atoms with E-state index in [9.17, 15) is 54.8 Å². The molecule has 1 aromatic heterocycles. The minimum absolute atomic E-state index is 0.0225. The van der Waals surface area contributed by atoms with Crippen LogP contribution in [0.5, 0.6) is 23.1 Å². The van der Waals surface area contributed by atoms with Crippen molar-refractivity contribution in [2.45, 2.75) is 21.6 Å². The molecule has 1 unspecified atom stereocenters. The van der Waals surface area contributed by atoms with Crippen molar-refractivity contribution < 1.29 is 64.3 Å². The number of aromatic hydroxyl groups is 2. The fraction of sp³-hybridized carbons (Fsp3) is 0.0857. The summed E-state index contributed by atoms with van der Waals surface area (Å²) in [6.07, 6.45) is 0. The van der Waals surface area contributed by atoms with Crippen LogP contribution in [0.1, 0.15) is 16.1 Å². The maximum absolute atomic E-state index is 12.6. The van der Waals surface area contributed by atoms with Crippen molar-refractivity contribution in [1.82, 2.24) is 9.78 Å². The van der Waals surface area contributed by atoms with Crippen LogP contribution in [0.2, 0.25) is 0 Å². The van der Waals surface area contributed by atoms with E-state index in [4.69, 9.17) is 9.47 Å². The van der Waals surface area contributed by atoms with Crippen molar-refractivity contribution in [3.63, 3.8) is 0 Å². The molecule has 1 heterocycles. The van der Waals surface area contributed by atoms with Crippen LogP contribution in [0.3, 0.4) is 0 Å². The summed E-state index contributed by atoms with van der Waals surface area (Å²) in [5, 5.41) is 60.2. The second kappa shape index (κ2) is 16.7. The first kappa shape index (κ1) is 42.6. The molecule has 60 heavy (non-hydrogen) atoms. The van der Waals surface area contributed by atoms with Crippen LogP contribution in [0, 0.1) is 6.92 Å². The highest BCUT2D eigenvalue weighted by atomic mass is 32.2. The predicted molar refractivity (Wildman–Crippen MR) is 210 cm³/mol. The van der Waals surface area contributed by atoms with E-state index in [0.717, 1.165) is 22.9 Å². The summed E-state index contributed by atoms with van der Waals surface area (Å²) in [4.78, 5) is 10.4. The minimum Gasteiger partial charge on any atom is -0.505 e. The van der Waals surface area contributed by atoms with E-state index in [2.05, 4.69) is 35.8 Å². The molecule has 310 valence electrons. The van der Waals surface area contributed by atoms with Gasteiger partial charge >= 0.3 is 5.97 Å². The van der Waals surface area contributed by atoms with Gasteiger partial charge in [0.1, 0.15) is 39.1 Å². The number of methoxy groups -OCH3 is 2. The minimum atomic E-state index is -5.09. The number of azo groups is 3. The number of aromatic nitrogens is 2. The smallest absolute Gasteiger partial charge is 0.338 e. The molecule has 0 amide bonds. The molecule has 0 bridgehead atoms. The number of aromatic carboxylic acids is 1. The van der Waals surface area contributed by atoms with Gasteiger partial charge in [0.15, 0.2) is 22.5 Å². The summed E-state index contributed by atoms with van der Waals surface area (Å²) in [7, 11) is -7.33. The van der Waals surface area contributed by atoms with Crippen LogP contribution in [-0.2, 0) is 31.3 Å². The van der Waals surface area contributed by atoms with Crippen molar-refractivity contribution in [2.75, 3.05) is 14.2 Å². The third kappa shape index (κ3) is 8.84. The molecule has 5 aromatic carbocycles. The third-order valence-corrected chi connectivity index (χ3v) is 10.8. The zero-order chi connectivity index (χ0) is 43.7. The zero-order valence-electron chi connectivity index (χ0n) is 30.8. The van der Waals surface area contributed by atoms with E-state index in [-0.39, 0.29) is 61.3 Å². The number of phenols is 1. The molecular weight excluding hydrogens is 853 g/mol. The van der Waals surface area contributed by atoms with Gasteiger partial charge in [-0.3, -0.25) is 9.11 Å². The summed E-state index contributed by atoms with van der Waals surface area (Å²) in [5.74, 6) is -2.83. The molecule has 1 atom stereocenters. The number of phenolic OH excluding ortho intramolecular Hbond substituents is 1. The lowest BCUT2D eigenvalue weighted by atomic mass is 10.1. The highest BCUT2D eigenvalue weighted by molar-refractivity contribution is 7.86. The Bertz CT molecular complexity index is 3060. The molecule has 0 aliphatic heterocycles. The molecule has 0 aliphatic carbocycles. The molecule has 0 radical (unpaired) electrons. The van der Waals surface area contributed by atoms with Gasteiger partial charge in [-0.15, -0.1) is 25.6 Å². The Morgan fingerprint density at radius 2 is 1.33 bits per heavy atom. The van der Waals surface area contributed by atoms with Crippen LogP contribution in [0.4, 0.5) is 34.1 Å². The first-order valence-corrected chi connectivity index (χ1v) is 20.4. The second-order valence-electron chi connectivity index (χ2n) is 12.1. The van der Waals surface area contributed by atoms with Crippen molar-refractivity contribution in [1.29, 1.82) is 0 Å². The maximum atomic E-state index is 12.6. The van der Waals surface area contributed by atoms with Crippen molar-refractivity contribution >= 4 is 82.2 Å². The fourth-order valence-corrected chi connectivity index (χ4v) is 7.01. The summed E-state index contributed by atoms with van der Waals surface area (Å²) in [6, 6.07) is 15.9. The zero-order valence-corrected chi connectivity index (χ0v) is 33.2. The van der Waals surface area contributed by atoms with Gasteiger partial charge in [0.25, 0.3) is 20.2 Å². The summed E-state index contributed by atoms with van der Waals surface area (Å²) in [5.41, 5.74) is -1.01. The molecule has 0 aliphatic rings. The van der Waals surface area contributed by atoms with Gasteiger partial charge in [-0.25, -0.2) is 9.00 Å². The number of rotatable bonds is 13. The maximum Gasteiger partial charge on any atom is 0.338 e. The number of nitrogens with zero attached hydrogens (tertiary/aromatic N) is 8. The quantitative estimate of drug-likeness (QED) is 0.0366. The average Bonchev–Trinajstić information content (AvgIpc) is 3.49. The number of aryl methyl sites for hydroxylation is 1. The first-order valence-electron chi connectivity index (χ1n) is 16.4. The lowest BCUT2D eigenvalue weighted by molar-refractivity contribution is 0.0697.